The summed E-state index contributed by atoms with van der Waals surface area (Å²) in [5, 5.41) is 8.95. The summed E-state index contributed by atoms with van der Waals surface area (Å²) >= 11 is 0. The predicted octanol–water partition coefficient (Wildman–Crippen LogP) is 4.34. The van der Waals surface area contributed by atoms with E-state index >= 15 is 0 Å². The van der Waals surface area contributed by atoms with Crippen LogP contribution in [0.5, 0.6) is 0 Å². The Hall–Kier alpha value is -1.88. The Morgan fingerprint density at radius 3 is 2.18 bits per heavy atom. The summed E-state index contributed by atoms with van der Waals surface area (Å²) in [6, 6.07) is 2.16. The Bertz CT molecular complexity index is 452. The fourth-order valence-electron chi connectivity index (χ4n) is 1.39. The predicted molar refractivity (Wildman–Crippen MR) is 74.8 cm³/mol. The number of aliphatic imine (C=N–C) groups is 1. The van der Waals surface area contributed by atoms with Crippen LogP contribution in [0.3, 0.4) is 0 Å². The van der Waals surface area contributed by atoms with Crippen molar-refractivity contribution >= 4 is 5.71 Å². The molecule has 90 valence electrons. The standard InChI is InChI=1S/C15H20N2/c1-7-9-14(12(5)10-16)13(6)17-15(8-2)11(3)4/h7-9H,3H2,1-2,4-6H3/b9-7-,14-12-,15-8-,17-13+. The van der Waals surface area contributed by atoms with Gasteiger partial charge >= 0.3 is 0 Å². The first-order chi connectivity index (χ1) is 7.97. The van der Waals surface area contributed by atoms with Gasteiger partial charge in [0, 0.05) is 16.9 Å². The molecule has 2 heteroatoms. The highest BCUT2D eigenvalue weighted by Crippen LogP contribution is 2.14. The molecule has 0 radical (unpaired) electrons. The van der Waals surface area contributed by atoms with Crippen molar-refractivity contribution in [3.63, 3.8) is 0 Å². The normalized spacial score (nSPS) is 14.6. The minimum absolute atomic E-state index is 0.668. The lowest BCUT2D eigenvalue weighted by Crippen LogP contribution is -1.99. The van der Waals surface area contributed by atoms with Gasteiger partial charge in [-0.25, -0.2) is 0 Å². The van der Waals surface area contributed by atoms with Crippen molar-refractivity contribution < 1.29 is 0 Å². The minimum atomic E-state index is 0.668. The molecule has 0 fully saturated rings. The highest BCUT2D eigenvalue weighted by molar-refractivity contribution is 6.02. The molecule has 0 amide bonds. The number of hydrogen-bond acceptors (Lipinski definition) is 2. The maximum atomic E-state index is 8.95. The van der Waals surface area contributed by atoms with Crippen molar-refractivity contribution in [2.75, 3.05) is 0 Å². The fraction of sp³-hybridized carbons (Fsp3) is 0.333. The van der Waals surface area contributed by atoms with Crippen molar-refractivity contribution in [2.45, 2.75) is 34.6 Å². The molecule has 0 bridgehead atoms. The van der Waals surface area contributed by atoms with Crippen LogP contribution in [0.15, 0.2) is 52.2 Å². The molecule has 0 saturated heterocycles. The lowest BCUT2D eigenvalue weighted by molar-refractivity contribution is 1.27. The van der Waals surface area contributed by atoms with Crippen LogP contribution in [-0.4, -0.2) is 5.71 Å². The van der Waals surface area contributed by atoms with Gasteiger partial charge in [-0.1, -0.05) is 24.8 Å². The molecule has 0 heterocycles. The van der Waals surface area contributed by atoms with E-state index in [1.54, 1.807) is 6.92 Å². The van der Waals surface area contributed by atoms with Gasteiger partial charge in [-0.3, -0.25) is 4.99 Å². The molecular formula is C15H20N2. The third kappa shape index (κ3) is 4.65. The SMILES string of the molecule is C=C(C)C(=C/C)/N=C(C)/C(/C=C\C)=C(/C)C#N. The van der Waals surface area contributed by atoms with Crippen LogP contribution in [0.1, 0.15) is 34.6 Å². The summed E-state index contributed by atoms with van der Waals surface area (Å²) in [5.41, 5.74) is 4.15. The van der Waals surface area contributed by atoms with Crippen LogP contribution >= 0.6 is 0 Å². The summed E-state index contributed by atoms with van der Waals surface area (Å²) in [6.07, 6.45) is 5.73. The van der Waals surface area contributed by atoms with Gasteiger partial charge in [-0.2, -0.15) is 5.26 Å². The maximum absolute atomic E-state index is 8.95. The maximum Gasteiger partial charge on any atom is 0.0951 e. The van der Waals surface area contributed by atoms with E-state index in [1.807, 2.05) is 45.9 Å². The van der Waals surface area contributed by atoms with E-state index in [4.69, 9.17) is 5.26 Å². The Kier molecular flexibility index (Phi) is 6.58. The second-order valence-corrected chi connectivity index (χ2v) is 3.80. The van der Waals surface area contributed by atoms with Crippen LogP contribution in [0.25, 0.3) is 0 Å². The van der Waals surface area contributed by atoms with E-state index < -0.39 is 0 Å². The summed E-state index contributed by atoms with van der Waals surface area (Å²) in [6.45, 7) is 13.3. The topological polar surface area (TPSA) is 36.1 Å². The van der Waals surface area contributed by atoms with E-state index in [-0.39, 0.29) is 0 Å². The fourth-order valence-corrected chi connectivity index (χ4v) is 1.39. The van der Waals surface area contributed by atoms with Gasteiger partial charge in [-0.05, 0) is 40.2 Å². The molecule has 17 heavy (non-hydrogen) atoms. The number of allylic oxidation sites excluding steroid dienone is 6. The third-order valence-electron chi connectivity index (χ3n) is 2.29. The van der Waals surface area contributed by atoms with Crippen molar-refractivity contribution in [3.05, 3.63) is 47.2 Å². The van der Waals surface area contributed by atoms with Gasteiger partial charge < -0.3 is 0 Å². The molecule has 0 aromatic rings. The number of hydrogen-bond donors (Lipinski definition) is 0. The first-order valence-electron chi connectivity index (χ1n) is 5.59. The summed E-state index contributed by atoms with van der Waals surface area (Å²) in [7, 11) is 0. The highest BCUT2D eigenvalue weighted by atomic mass is 14.8. The zero-order valence-electron chi connectivity index (χ0n) is 11.3. The molecule has 0 atom stereocenters. The average Bonchev–Trinajstić information content (AvgIpc) is 2.31. The largest absolute Gasteiger partial charge is 0.253 e. The number of rotatable bonds is 4. The van der Waals surface area contributed by atoms with Crippen molar-refractivity contribution in [3.8, 4) is 6.07 Å². The van der Waals surface area contributed by atoms with Gasteiger partial charge in [0.25, 0.3) is 0 Å². The molecule has 2 nitrogen and oxygen atoms in total. The van der Waals surface area contributed by atoms with Crippen LogP contribution in [0, 0.1) is 11.3 Å². The summed E-state index contributed by atoms with van der Waals surface area (Å²) < 4.78 is 0. The zero-order valence-corrected chi connectivity index (χ0v) is 11.3. The molecule has 0 aliphatic rings. The van der Waals surface area contributed by atoms with E-state index in [9.17, 15) is 0 Å². The Morgan fingerprint density at radius 2 is 1.82 bits per heavy atom. The third-order valence-corrected chi connectivity index (χ3v) is 2.29. The summed E-state index contributed by atoms with van der Waals surface area (Å²) in [4.78, 5) is 4.50. The summed E-state index contributed by atoms with van der Waals surface area (Å²) in [5.74, 6) is 0. The smallest absolute Gasteiger partial charge is 0.0951 e. The van der Waals surface area contributed by atoms with Crippen molar-refractivity contribution in [1.29, 1.82) is 5.26 Å². The Balaban J connectivity index is 5.55. The quantitative estimate of drug-likeness (QED) is 0.400. The lowest BCUT2D eigenvalue weighted by atomic mass is 10.1. The van der Waals surface area contributed by atoms with Gasteiger partial charge in [-0.15, -0.1) is 0 Å². The molecule has 0 spiro atoms. The monoisotopic (exact) mass is 228 g/mol. The van der Waals surface area contributed by atoms with Gasteiger partial charge in [0.2, 0.25) is 0 Å². The van der Waals surface area contributed by atoms with Gasteiger partial charge in [0.1, 0.15) is 0 Å². The Labute approximate surface area is 104 Å². The van der Waals surface area contributed by atoms with E-state index in [2.05, 4.69) is 17.6 Å². The molecule has 0 N–H and O–H groups in total. The molecule has 0 aliphatic carbocycles. The lowest BCUT2D eigenvalue weighted by Gasteiger charge is -2.06. The zero-order chi connectivity index (χ0) is 13.4. The van der Waals surface area contributed by atoms with Crippen LogP contribution in [0.4, 0.5) is 0 Å². The molecule has 0 saturated carbocycles. The first kappa shape index (κ1) is 15.1. The van der Waals surface area contributed by atoms with E-state index in [0.717, 1.165) is 22.6 Å². The number of nitrogens with zero attached hydrogens (tertiary/aromatic N) is 2. The molecular weight excluding hydrogens is 208 g/mol. The second kappa shape index (κ2) is 7.40. The number of nitriles is 1. The Morgan fingerprint density at radius 1 is 1.24 bits per heavy atom. The molecule has 0 aromatic heterocycles. The second-order valence-electron chi connectivity index (χ2n) is 3.80. The minimum Gasteiger partial charge on any atom is -0.253 e. The van der Waals surface area contributed by atoms with E-state index in [1.165, 1.54) is 0 Å². The van der Waals surface area contributed by atoms with Gasteiger partial charge in [0.05, 0.1) is 11.8 Å². The van der Waals surface area contributed by atoms with E-state index in [0.29, 0.717) is 5.57 Å². The van der Waals surface area contributed by atoms with Crippen LogP contribution < -0.4 is 0 Å². The molecule has 0 aromatic carbocycles. The van der Waals surface area contributed by atoms with Crippen LogP contribution in [0.2, 0.25) is 0 Å². The first-order valence-corrected chi connectivity index (χ1v) is 5.59. The molecule has 0 rings (SSSR count). The molecule has 0 unspecified atom stereocenters. The molecule has 0 aliphatic heterocycles. The van der Waals surface area contributed by atoms with Gasteiger partial charge in [0.15, 0.2) is 0 Å². The highest BCUT2D eigenvalue weighted by Gasteiger charge is 2.04. The van der Waals surface area contributed by atoms with Crippen molar-refractivity contribution in [1.82, 2.24) is 0 Å². The average molecular weight is 228 g/mol. The van der Waals surface area contributed by atoms with Crippen LogP contribution in [-0.2, 0) is 0 Å². The van der Waals surface area contributed by atoms with Crippen molar-refractivity contribution in [2.24, 2.45) is 4.99 Å².